The Morgan fingerprint density at radius 1 is 1.25 bits per heavy atom. The third-order valence-corrected chi connectivity index (χ3v) is 4.92. The van der Waals surface area contributed by atoms with Crippen molar-refractivity contribution in [2.75, 3.05) is 11.4 Å². The quantitative estimate of drug-likeness (QED) is 0.671. The molecule has 5 heteroatoms. The van der Waals surface area contributed by atoms with E-state index in [0.29, 0.717) is 16.8 Å². The molecule has 1 aliphatic heterocycles. The molecule has 2 aromatic carbocycles. The van der Waals surface area contributed by atoms with Crippen LogP contribution in [0.1, 0.15) is 11.1 Å². The van der Waals surface area contributed by atoms with Crippen molar-refractivity contribution in [1.82, 2.24) is 4.98 Å². The Hall–Kier alpha value is -2.55. The molecule has 4 nitrogen and oxygen atoms in total. The first-order valence-corrected chi connectivity index (χ1v) is 8.21. The lowest BCUT2D eigenvalue weighted by atomic mass is 9.87. The molecular weight excluding hydrogens is 368 g/mol. The summed E-state index contributed by atoms with van der Waals surface area (Å²) in [6.07, 6.45) is 7.10. The van der Waals surface area contributed by atoms with Crippen LogP contribution in [0.5, 0.6) is 0 Å². The Labute approximate surface area is 147 Å². The van der Waals surface area contributed by atoms with E-state index in [0.717, 1.165) is 15.4 Å². The van der Waals surface area contributed by atoms with E-state index in [1.165, 1.54) is 4.90 Å². The Bertz CT molecular complexity index is 1020. The normalized spacial score (nSPS) is 19.5. The Balaban J connectivity index is 2.02. The average molecular weight is 381 g/mol. The molecule has 3 aromatic rings. The summed E-state index contributed by atoms with van der Waals surface area (Å²) in [4.78, 5) is 17.6. The van der Waals surface area contributed by atoms with E-state index in [1.807, 2.05) is 30.3 Å². The van der Waals surface area contributed by atoms with Gasteiger partial charge in [-0.05, 0) is 24.3 Å². The van der Waals surface area contributed by atoms with Gasteiger partial charge >= 0.3 is 0 Å². The van der Waals surface area contributed by atoms with E-state index in [1.54, 1.807) is 18.3 Å². The summed E-state index contributed by atoms with van der Waals surface area (Å²) < 4.78 is 0.787. The molecule has 0 spiro atoms. The predicted octanol–water partition coefficient (Wildman–Crippen LogP) is 3.15. The number of benzene rings is 2. The van der Waals surface area contributed by atoms with Gasteiger partial charge in [-0.2, -0.15) is 0 Å². The SMILES string of the molecule is C#CCN1C(=O)[C@](O)(c2c[nH]c3ccccc23)c2cc(Br)ccc21. The van der Waals surface area contributed by atoms with Gasteiger partial charge in [-0.25, -0.2) is 0 Å². The molecule has 24 heavy (non-hydrogen) atoms. The molecule has 118 valence electrons. The maximum Gasteiger partial charge on any atom is 0.269 e. The van der Waals surface area contributed by atoms with Crippen molar-refractivity contribution in [3.8, 4) is 12.3 Å². The summed E-state index contributed by atoms with van der Waals surface area (Å²) >= 11 is 3.42. The number of rotatable bonds is 2. The standard InChI is InChI=1S/C19H13BrN2O2/c1-2-9-22-17-8-7-12(20)10-14(17)19(24,18(22)23)15-11-21-16-6-4-3-5-13(15)16/h1,3-8,10-11,21,24H,9H2/t19-/m1/s1. The first kappa shape index (κ1) is 15.0. The number of H-pyrrole nitrogens is 1. The van der Waals surface area contributed by atoms with Gasteiger partial charge in [0.25, 0.3) is 5.91 Å². The van der Waals surface area contributed by atoms with E-state index in [4.69, 9.17) is 6.42 Å². The lowest BCUT2D eigenvalue weighted by Gasteiger charge is -2.22. The molecule has 0 aliphatic carbocycles. The number of nitrogens with zero attached hydrogens (tertiary/aromatic N) is 1. The lowest BCUT2D eigenvalue weighted by Crippen LogP contribution is -2.41. The van der Waals surface area contributed by atoms with Crippen molar-refractivity contribution in [2.45, 2.75) is 5.60 Å². The lowest BCUT2D eigenvalue weighted by molar-refractivity contribution is -0.131. The summed E-state index contributed by atoms with van der Waals surface area (Å²) in [5, 5.41) is 12.3. The number of carbonyl (C=O) groups is 1. The zero-order valence-corrected chi connectivity index (χ0v) is 14.2. The molecule has 1 aromatic heterocycles. The fourth-order valence-electron chi connectivity index (χ4n) is 3.33. The number of anilines is 1. The van der Waals surface area contributed by atoms with Gasteiger partial charge in [-0.3, -0.25) is 9.69 Å². The smallest absolute Gasteiger partial charge is 0.269 e. The van der Waals surface area contributed by atoms with Crippen LogP contribution < -0.4 is 4.90 Å². The van der Waals surface area contributed by atoms with E-state index >= 15 is 0 Å². The van der Waals surface area contributed by atoms with Gasteiger partial charge in [-0.15, -0.1) is 6.42 Å². The van der Waals surface area contributed by atoms with Crippen molar-refractivity contribution in [2.24, 2.45) is 0 Å². The van der Waals surface area contributed by atoms with Crippen LogP contribution in [0.15, 0.2) is 53.1 Å². The Kier molecular flexibility index (Phi) is 3.27. The Morgan fingerprint density at radius 2 is 2.04 bits per heavy atom. The van der Waals surface area contributed by atoms with Crippen molar-refractivity contribution < 1.29 is 9.90 Å². The maximum atomic E-state index is 13.1. The van der Waals surface area contributed by atoms with E-state index in [-0.39, 0.29) is 6.54 Å². The Morgan fingerprint density at radius 3 is 2.83 bits per heavy atom. The van der Waals surface area contributed by atoms with Gasteiger partial charge in [-0.1, -0.05) is 40.0 Å². The minimum atomic E-state index is -1.77. The van der Waals surface area contributed by atoms with Crippen LogP contribution in [0.3, 0.4) is 0 Å². The summed E-state index contributed by atoms with van der Waals surface area (Å²) in [6.45, 7) is 0.109. The van der Waals surface area contributed by atoms with E-state index in [9.17, 15) is 9.90 Å². The van der Waals surface area contributed by atoms with Gasteiger partial charge in [0.15, 0.2) is 5.60 Å². The number of aromatic amines is 1. The summed E-state index contributed by atoms with van der Waals surface area (Å²) in [5.41, 5.74) is 0.786. The summed E-state index contributed by atoms with van der Waals surface area (Å²) in [5.74, 6) is 2.06. The molecule has 1 amide bonds. The molecule has 2 heterocycles. The van der Waals surface area contributed by atoms with Crippen molar-refractivity contribution in [1.29, 1.82) is 0 Å². The zero-order chi connectivity index (χ0) is 16.9. The molecule has 0 unspecified atom stereocenters. The number of terminal acetylenes is 1. The number of hydrogen-bond acceptors (Lipinski definition) is 2. The highest BCUT2D eigenvalue weighted by Crippen LogP contribution is 2.47. The van der Waals surface area contributed by atoms with E-state index < -0.39 is 11.5 Å². The van der Waals surface area contributed by atoms with Crippen molar-refractivity contribution >= 4 is 38.4 Å². The number of nitrogens with one attached hydrogen (secondary N) is 1. The third kappa shape index (κ3) is 1.87. The first-order chi connectivity index (χ1) is 11.6. The number of aromatic nitrogens is 1. The molecule has 0 fully saturated rings. The molecule has 0 bridgehead atoms. The van der Waals surface area contributed by atoms with Crippen molar-refractivity contribution in [3.63, 3.8) is 0 Å². The number of para-hydroxylation sites is 1. The van der Waals surface area contributed by atoms with Gasteiger partial charge in [0, 0.05) is 32.7 Å². The molecule has 0 saturated carbocycles. The van der Waals surface area contributed by atoms with Crippen LogP contribution in [-0.2, 0) is 10.4 Å². The van der Waals surface area contributed by atoms with E-state index in [2.05, 4.69) is 26.8 Å². The second-order valence-corrected chi connectivity index (χ2v) is 6.63. The fourth-order valence-corrected chi connectivity index (χ4v) is 3.69. The first-order valence-electron chi connectivity index (χ1n) is 7.42. The molecular formula is C19H13BrN2O2. The third-order valence-electron chi connectivity index (χ3n) is 4.42. The summed E-state index contributed by atoms with van der Waals surface area (Å²) in [6, 6.07) is 13.0. The van der Waals surface area contributed by atoms with Gasteiger partial charge < -0.3 is 10.1 Å². The molecule has 1 atom stereocenters. The molecule has 1 aliphatic rings. The predicted molar refractivity (Wildman–Crippen MR) is 96.6 cm³/mol. The maximum absolute atomic E-state index is 13.1. The summed E-state index contributed by atoms with van der Waals surface area (Å²) in [7, 11) is 0. The average Bonchev–Trinajstić information content (AvgIpc) is 3.10. The second kappa shape index (κ2) is 5.23. The van der Waals surface area contributed by atoms with Gasteiger partial charge in [0.1, 0.15) is 0 Å². The molecule has 2 N–H and O–H groups in total. The second-order valence-electron chi connectivity index (χ2n) is 5.72. The highest BCUT2D eigenvalue weighted by atomic mass is 79.9. The number of hydrogen-bond donors (Lipinski definition) is 2. The number of aliphatic hydroxyl groups is 1. The minimum absolute atomic E-state index is 0.109. The number of carbonyl (C=O) groups excluding carboxylic acids is 1. The van der Waals surface area contributed by atoms with Crippen LogP contribution in [0.4, 0.5) is 5.69 Å². The number of fused-ring (bicyclic) bond motifs is 2. The molecule has 4 rings (SSSR count). The highest BCUT2D eigenvalue weighted by Gasteiger charge is 2.52. The fraction of sp³-hybridized carbons (Fsp3) is 0.105. The van der Waals surface area contributed by atoms with Crippen LogP contribution in [-0.4, -0.2) is 22.5 Å². The largest absolute Gasteiger partial charge is 0.372 e. The number of amides is 1. The zero-order valence-electron chi connectivity index (χ0n) is 12.6. The van der Waals surface area contributed by atoms with Crippen molar-refractivity contribution in [3.05, 3.63) is 64.3 Å². The monoisotopic (exact) mass is 380 g/mol. The van der Waals surface area contributed by atoms with Gasteiger partial charge in [0.05, 0.1) is 12.2 Å². The van der Waals surface area contributed by atoms with Crippen LogP contribution in [0, 0.1) is 12.3 Å². The highest BCUT2D eigenvalue weighted by molar-refractivity contribution is 9.10. The minimum Gasteiger partial charge on any atom is -0.372 e. The van der Waals surface area contributed by atoms with Crippen LogP contribution in [0.2, 0.25) is 0 Å². The van der Waals surface area contributed by atoms with Crippen LogP contribution in [0.25, 0.3) is 10.9 Å². The number of halogens is 1. The topological polar surface area (TPSA) is 56.3 Å². The van der Waals surface area contributed by atoms with Gasteiger partial charge in [0.2, 0.25) is 0 Å². The molecule has 0 saturated heterocycles. The van der Waals surface area contributed by atoms with Crippen LogP contribution >= 0.6 is 15.9 Å². The molecule has 0 radical (unpaired) electrons.